The van der Waals surface area contributed by atoms with Crippen LogP contribution in [0.2, 0.25) is 0 Å². The Hall–Kier alpha value is -3.22. The van der Waals surface area contributed by atoms with Gasteiger partial charge < -0.3 is 5.32 Å². The topological polar surface area (TPSA) is 73.1 Å². The SMILES string of the molecule is CC[C@@H](C)n1c(=O)c2ccccc2n(CC(=O)Nc2ccc(F)cc2C)c1=O. The lowest BCUT2D eigenvalue weighted by Gasteiger charge is -2.17. The molecule has 1 heterocycles. The van der Waals surface area contributed by atoms with Crippen molar-refractivity contribution >= 4 is 22.5 Å². The molecule has 3 rings (SSSR count). The van der Waals surface area contributed by atoms with Crippen molar-refractivity contribution in [1.29, 1.82) is 0 Å². The van der Waals surface area contributed by atoms with Gasteiger partial charge in [-0.2, -0.15) is 0 Å². The van der Waals surface area contributed by atoms with Crippen molar-refractivity contribution in [2.45, 2.75) is 39.8 Å². The fraction of sp³-hybridized carbons (Fsp3) is 0.286. The number of para-hydroxylation sites is 1. The lowest BCUT2D eigenvalue weighted by atomic mass is 10.2. The number of fused-ring (bicyclic) bond motifs is 1. The minimum absolute atomic E-state index is 0.257. The second-order valence-electron chi connectivity index (χ2n) is 6.83. The van der Waals surface area contributed by atoms with Crippen LogP contribution in [-0.2, 0) is 11.3 Å². The lowest BCUT2D eigenvalue weighted by Crippen LogP contribution is -2.43. The molecule has 6 nitrogen and oxygen atoms in total. The van der Waals surface area contributed by atoms with E-state index < -0.39 is 17.4 Å². The molecule has 146 valence electrons. The molecule has 0 spiro atoms. The summed E-state index contributed by atoms with van der Waals surface area (Å²) in [6, 6.07) is 10.5. The Kier molecular flexibility index (Phi) is 5.44. The van der Waals surface area contributed by atoms with Gasteiger partial charge in [-0.3, -0.25) is 18.7 Å². The molecule has 2 aromatic carbocycles. The quantitative estimate of drug-likeness (QED) is 0.735. The Balaban J connectivity index is 2.06. The predicted molar refractivity (Wildman–Crippen MR) is 107 cm³/mol. The van der Waals surface area contributed by atoms with Gasteiger partial charge in [0.2, 0.25) is 5.91 Å². The second-order valence-corrected chi connectivity index (χ2v) is 6.83. The lowest BCUT2D eigenvalue weighted by molar-refractivity contribution is -0.116. The predicted octanol–water partition coefficient (Wildman–Crippen LogP) is 3.22. The molecule has 1 N–H and O–H groups in total. The van der Waals surface area contributed by atoms with E-state index in [-0.39, 0.29) is 18.1 Å². The second kappa shape index (κ2) is 7.80. The minimum atomic E-state index is -0.524. The van der Waals surface area contributed by atoms with Gasteiger partial charge in [-0.1, -0.05) is 19.1 Å². The number of carbonyl (C=O) groups excluding carboxylic acids is 1. The highest BCUT2D eigenvalue weighted by Gasteiger charge is 2.18. The summed E-state index contributed by atoms with van der Waals surface area (Å²) in [5.41, 5.74) is 0.571. The van der Waals surface area contributed by atoms with Crippen LogP contribution in [0.4, 0.5) is 10.1 Å². The molecule has 28 heavy (non-hydrogen) atoms. The smallest absolute Gasteiger partial charge is 0.324 e. The molecule has 3 aromatic rings. The van der Waals surface area contributed by atoms with E-state index in [0.29, 0.717) is 28.6 Å². The molecule has 0 fully saturated rings. The number of aryl methyl sites for hydroxylation is 1. The summed E-state index contributed by atoms with van der Waals surface area (Å²) in [4.78, 5) is 38.4. The van der Waals surface area contributed by atoms with Crippen LogP contribution in [-0.4, -0.2) is 15.0 Å². The van der Waals surface area contributed by atoms with E-state index in [1.54, 1.807) is 38.1 Å². The number of nitrogens with zero attached hydrogens (tertiary/aromatic N) is 2. The number of halogens is 1. The molecule has 0 unspecified atom stereocenters. The Labute approximate surface area is 161 Å². The van der Waals surface area contributed by atoms with Crippen molar-refractivity contribution in [3.8, 4) is 0 Å². The van der Waals surface area contributed by atoms with Gasteiger partial charge in [0.05, 0.1) is 10.9 Å². The zero-order valence-corrected chi connectivity index (χ0v) is 16.0. The molecule has 1 atom stereocenters. The Morgan fingerprint density at radius 2 is 1.89 bits per heavy atom. The summed E-state index contributed by atoms with van der Waals surface area (Å²) >= 11 is 0. The summed E-state index contributed by atoms with van der Waals surface area (Å²) in [6.07, 6.45) is 0.606. The number of hydrogen-bond acceptors (Lipinski definition) is 3. The van der Waals surface area contributed by atoms with Crippen LogP contribution in [0.1, 0.15) is 31.9 Å². The van der Waals surface area contributed by atoms with Gasteiger partial charge in [0, 0.05) is 11.7 Å². The fourth-order valence-corrected chi connectivity index (χ4v) is 3.16. The standard InChI is InChI=1S/C21H22FN3O3/c1-4-14(3)25-20(27)16-7-5-6-8-18(16)24(21(25)28)12-19(26)23-17-10-9-15(22)11-13(17)2/h5-11,14H,4,12H2,1-3H3,(H,23,26)/t14-/m1/s1. The third-order valence-electron chi connectivity index (χ3n) is 4.88. The maximum absolute atomic E-state index is 13.3. The average Bonchev–Trinajstić information content (AvgIpc) is 2.67. The molecule has 0 radical (unpaired) electrons. The maximum Gasteiger partial charge on any atom is 0.332 e. The first-order valence-electron chi connectivity index (χ1n) is 9.13. The third kappa shape index (κ3) is 3.60. The highest BCUT2D eigenvalue weighted by atomic mass is 19.1. The van der Waals surface area contributed by atoms with Gasteiger partial charge >= 0.3 is 5.69 Å². The van der Waals surface area contributed by atoms with Crippen LogP contribution in [0.5, 0.6) is 0 Å². The van der Waals surface area contributed by atoms with E-state index in [2.05, 4.69) is 5.32 Å². The summed E-state index contributed by atoms with van der Waals surface area (Å²) in [7, 11) is 0. The van der Waals surface area contributed by atoms with Gasteiger partial charge in [0.1, 0.15) is 12.4 Å². The Bertz CT molecular complexity index is 1160. The van der Waals surface area contributed by atoms with Gasteiger partial charge in [0.15, 0.2) is 0 Å². The largest absolute Gasteiger partial charge is 0.332 e. The van der Waals surface area contributed by atoms with Crippen LogP contribution in [0, 0.1) is 12.7 Å². The first kappa shape index (κ1) is 19.5. The third-order valence-corrected chi connectivity index (χ3v) is 4.88. The fourth-order valence-electron chi connectivity index (χ4n) is 3.16. The highest BCUT2D eigenvalue weighted by molar-refractivity contribution is 5.92. The van der Waals surface area contributed by atoms with Gasteiger partial charge in [-0.25, -0.2) is 9.18 Å². The van der Waals surface area contributed by atoms with Crippen LogP contribution < -0.4 is 16.6 Å². The van der Waals surface area contributed by atoms with Crippen molar-refractivity contribution in [2.75, 3.05) is 5.32 Å². The van der Waals surface area contributed by atoms with Gasteiger partial charge in [-0.15, -0.1) is 0 Å². The highest BCUT2D eigenvalue weighted by Crippen LogP contribution is 2.16. The number of nitrogens with one attached hydrogen (secondary N) is 1. The number of aromatic nitrogens is 2. The van der Waals surface area contributed by atoms with E-state index in [1.807, 2.05) is 6.92 Å². The van der Waals surface area contributed by atoms with E-state index in [9.17, 15) is 18.8 Å². The van der Waals surface area contributed by atoms with Crippen LogP contribution in [0.3, 0.4) is 0 Å². The molecule has 0 saturated carbocycles. The number of anilines is 1. The molecule has 0 aliphatic heterocycles. The number of benzene rings is 2. The molecule has 1 aromatic heterocycles. The molecule has 0 aliphatic carbocycles. The number of carbonyl (C=O) groups is 1. The number of amides is 1. The van der Waals surface area contributed by atoms with E-state index in [1.165, 1.54) is 27.3 Å². The van der Waals surface area contributed by atoms with Crippen LogP contribution >= 0.6 is 0 Å². The maximum atomic E-state index is 13.3. The van der Waals surface area contributed by atoms with Crippen molar-refractivity contribution in [1.82, 2.24) is 9.13 Å². The van der Waals surface area contributed by atoms with Crippen molar-refractivity contribution in [3.63, 3.8) is 0 Å². The molecule has 0 aliphatic rings. The normalized spacial score (nSPS) is 12.1. The van der Waals surface area contributed by atoms with Gasteiger partial charge in [0.25, 0.3) is 5.56 Å². The van der Waals surface area contributed by atoms with Crippen LogP contribution in [0.25, 0.3) is 10.9 Å². The molecule has 7 heteroatoms. The summed E-state index contributed by atoms with van der Waals surface area (Å²) in [5.74, 6) is -0.824. The first-order valence-corrected chi connectivity index (χ1v) is 9.13. The van der Waals surface area contributed by atoms with E-state index >= 15 is 0 Å². The minimum Gasteiger partial charge on any atom is -0.324 e. The van der Waals surface area contributed by atoms with Crippen molar-refractivity contribution < 1.29 is 9.18 Å². The average molecular weight is 383 g/mol. The zero-order chi connectivity index (χ0) is 20.4. The van der Waals surface area contributed by atoms with Crippen LogP contribution in [0.15, 0.2) is 52.1 Å². The molecule has 0 saturated heterocycles. The van der Waals surface area contributed by atoms with Crippen molar-refractivity contribution in [2.24, 2.45) is 0 Å². The van der Waals surface area contributed by atoms with Gasteiger partial charge in [-0.05, 0) is 56.2 Å². The summed E-state index contributed by atoms with van der Waals surface area (Å²) in [5, 5.41) is 3.08. The van der Waals surface area contributed by atoms with E-state index in [4.69, 9.17) is 0 Å². The monoisotopic (exact) mass is 383 g/mol. The molecular formula is C21H22FN3O3. The number of hydrogen-bond donors (Lipinski definition) is 1. The van der Waals surface area contributed by atoms with Crippen molar-refractivity contribution in [3.05, 3.63) is 74.7 Å². The first-order chi connectivity index (χ1) is 13.3. The number of rotatable bonds is 5. The van der Waals surface area contributed by atoms with E-state index in [0.717, 1.165) is 0 Å². The Morgan fingerprint density at radius 1 is 1.18 bits per heavy atom. The molecular weight excluding hydrogens is 361 g/mol. The summed E-state index contributed by atoms with van der Waals surface area (Å²) in [6.45, 7) is 5.11. The zero-order valence-electron chi connectivity index (χ0n) is 16.0. The Morgan fingerprint density at radius 3 is 2.57 bits per heavy atom. The molecule has 0 bridgehead atoms. The summed E-state index contributed by atoms with van der Waals surface area (Å²) < 4.78 is 15.8. The molecule has 1 amide bonds.